The second-order valence-electron chi connectivity index (χ2n) is 14.9. The van der Waals surface area contributed by atoms with Crippen molar-refractivity contribution >= 4 is 35.2 Å². The molecule has 12 heteroatoms. The lowest BCUT2D eigenvalue weighted by molar-refractivity contribution is -0.132. The van der Waals surface area contributed by atoms with E-state index in [9.17, 15) is 24.0 Å². The predicted molar refractivity (Wildman–Crippen MR) is 192 cm³/mol. The highest BCUT2D eigenvalue weighted by molar-refractivity contribution is 6.24. The van der Waals surface area contributed by atoms with Gasteiger partial charge in [-0.25, -0.2) is 4.79 Å². The van der Waals surface area contributed by atoms with E-state index in [1.165, 1.54) is 12.8 Å². The van der Waals surface area contributed by atoms with Gasteiger partial charge in [0.15, 0.2) is 5.78 Å². The van der Waals surface area contributed by atoms with E-state index in [1.54, 1.807) is 12.1 Å². The van der Waals surface area contributed by atoms with Crippen molar-refractivity contribution in [2.24, 2.45) is 5.92 Å². The Hall–Kier alpha value is -4.13. The number of carbonyl (C=O) groups is 5. The summed E-state index contributed by atoms with van der Waals surface area (Å²) in [5.41, 5.74) is 2.62. The van der Waals surface area contributed by atoms with Crippen molar-refractivity contribution in [3.63, 3.8) is 0 Å². The molecule has 2 atom stereocenters. The molecular weight excluding hydrogens is 648 g/mol. The summed E-state index contributed by atoms with van der Waals surface area (Å²) in [5, 5.41) is 0. The Balaban J connectivity index is 0.805. The van der Waals surface area contributed by atoms with Crippen LogP contribution in [0.4, 0.5) is 10.5 Å². The largest absolute Gasteiger partial charge is 0.445 e. The minimum atomic E-state index is -0.844. The molecule has 1 aliphatic carbocycles. The van der Waals surface area contributed by atoms with Crippen molar-refractivity contribution in [2.75, 3.05) is 83.4 Å². The van der Waals surface area contributed by atoms with E-state index < -0.39 is 17.9 Å². The van der Waals surface area contributed by atoms with Gasteiger partial charge in [0, 0.05) is 83.6 Å². The highest BCUT2D eigenvalue weighted by Crippen LogP contribution is 2.32. The van der Waals surface area contributed by atoms with Crippen molar-refractivity contribution in [3.8, 4) is 0 Å². The van der Waals surface area contributed by atoms with Crippen molar-refractivity contribution < 1.29 is 28.7 Å². The summed E-state index contributed by atoms with van der Waals surface area (Å²) in [7, 11) is 0. The molecule has 51 heavy (non-hydrogen) atoms. The van der Waals surface area contributed by atoms with Gasteiger partial charge in [0.1, 0.15) is 12.4 Å². The molecule has 3 amide bonds. The summed E-state index contributed by atoms with van der Waals surface area (Å²) in [6.45, 7) is 13.8. The fraction of sp³-hybridized carbons (Fsp3) is 0.564. The van der Waals surface area contributed by atoms with E-state index in [2.05, 4.69) is 26.5 Å². The zero-order valence-corrected chi connectivity index (χ0v) is 29.7. The van der Waals surface area contributed by atoms with Gasteiger partial charge in [0.25, 0.3) is 11.8 Å². The number of hydrogen-bond donors (Lipinski definition) is 0. The molecule has 3 saturated heterocycles. The van der Waals surface area contributed by atoms with Crippen molar-refractivity contribution in [1.29, 1.82) is 0 Å². The fourth-order valence-electron chi connectivity index (χ4n) is 8.38. The lowest BCUT2D eigenvalue weighted by atomic mass is 9.92. The van der Waals surface area contributed by atoms with Gasteiger partial charge in [-0.15, -0.1) is 0 Å². The molecule has 7 rings (SSSR count). The molecule has 4 heterocycles. The molecule has 4 fully saturated rings. The van der Waals surface area contributed by atoms with Gasteiger partial charge in [0.05, 0.1) is 23.6 Å². The maximum Gasteiger partial charge on any atom is 0.410 e. The molecule has 1 unspecified atom stereocenters. The average Bonchev–Trinajstić information content (AvgIpc) is 3.39. The molecule has 0 N–H and O–H groups in total. The summed E-state index contributed by atoms with van der Waals surface area (Å²) in [4.78, 5) is 76.1. The Morgan fingerprint density at radius 3 is 2.25 bits per heavy atom. The van der Waals surface area contributed by atoms with E-state index >= 15 is 0 Å². The van der Waals surface area contributed by atoms with Crippen molar-refractivity contribution in [1.82, 2.24) is 24.5 Å². The quantitative estimate of drug-likeness (QED) is 0.286. The number of carbonyl (C=O) groups excluding carboxylic acids is 5. The van der Waals surface area contributed by atoms with Gasteiger partial charge in [0.2, 0.25) is 0 Å². The number of anilines is 1. The van der Waals surface area contributed by atoms with E-state index in [0.717, 1.165) is 81.6 Å². The van der Waals surface area contributed by atoms with Crippen LogP contribution in [0.5, 0.6) is 0 Å². The van der Waals surface area contributed by atoms with Gasteiger partial charge in [-0.05, 0) is 69.0 Å². The number of hydrogen-bond acceptors (Lipinski definition) is 10. The number of likely N-dealkylation sites (tertiary alicyclic amines) is 1. The van der Waals surface area contributed by atoms with E-state index in [-0.39, 0.29) is 36.9 Å². The molecule has 5 aliphatic rings. The number of fused-ring (bicyclic) bond motifs is 1. The van der Waals surface area contributed by atoms with Crippen LogP contribution in [0.3, 0.4) is 0 Å². The molecule has 0 spiro atoms. The number of nitrogens with zero attached hydrogens (tertiary/aromatic N) is 6. The SMILES string of the molecule is C[C@H]1CN(C(=O)OCc2ccccc2)CCN1CCN1CCC(CN2CCN(c3ccc4c(c3)C(=O)N(C3CCC(=O)CC3=O)C4=O)CC2)CC1. The number of benzene rings is 2. The number of Topliss-reactive ketones (excluding diaryl/α,β-unsaturated/α-hetero) is 2. The van der Waals surface area contributed by atoms with Crippen LogP contribution >= 0.6 is 0 Å². The Morgan fingerprint density at radius 2 is 1.53 bits per heavy atom. The predicted octanol–water partition coefficient (Wildman–Crippen LogP) is 3.15. The molecular formula is C39H50N6O6. The Labute approximate surface area is 300 Å². The smallest absolute Gasteiger partial charge is 0.410 e. The number of piperazine rings is 2. The van der Waals surface area contributed by atoms with E-state index in [4.69, 9.17) is 4.74 Å². The Bertz CT molecular complexity index is 1620. The first-order valence-corrected chi connectivity index (χ1v) is 18.7. The Morgan fingerprint density at radius 1 is 0.784 bits per heavy atom. The first-order chi connectivity index (χ1) is 24.7. The molecule has 4 aliphatic heterocycles. The van der Waals surface area contributed by atoms with E-state index in [0.29, 0.717) is 42.8 Å². The molecule has 0 aromatic heterocycles. The zero-order chi connectivity index (χ0) is 35.5. The monoisotopic (exact) mass is 698 g/mol. The maximum absolute atomic E-state index is 13.3. The molecule has 2 aromatic rings. The van der Waals surface area contributed by atoms with Gasteiger partial charge < -0.3 is 19.4 Å². The lowest BCUT2D eigenvalue weighted by Gasteiger charge is -2.41. The van der Waals surface area contributed by atoms with Crippen LogP contribution in [0.15, 0.2) is 48.5 Å². The van der Waals surface area contributed by atoms with Crippen LogP contribution in [0.1, 0.15) is 65.3 Å². The maximum atomic E-state index is 13.3. The zero-order valence-electron chi connectivity index (χ0n) is 29.7. The third-order valence-electron chi connectivity index (χ3n) is 11.5. The third kappa shape index (κ3) is 8.03. The second kappa shape index (κ2) is 15.6. The standard InChI is InChI=1S/C39H50N6O6/c1-28-25-44(39(50)51-27-30-5-3-2-4-6-30)22-21-42(28)18-15-40-13-11-29(12-14-40)26-41-16-19-43(20-17-41)31-7-9-33-34(23-31)38(49)45(37(33)48)35-10-8-32(46)24-36(35)47/h2-7,9,23,28-29,35H,8,10-22,24-27H2,1H3/t28-,35?/m0/s1. The van der Waals surface area contributed by atoms with Gasteiger partial charge >= 0.3 is 6.09 Å². The fourth-order valence-corrected chi connectivity index (χ4v) is 8.38. The van der Waals surface area contributed by atoms with Gasteiger partial charge in [-0.1, -0.05) is 30.3 Å². The number of imide groups is 1. The average molecular weight is 699 g/mol. The third-order valence-corrected chi connectivity index (χ3v) is 11.5. The number of ether oxygens (including phenoxy) is 1. The van der Waals surface area contributed by atoms with Crippen LogP contribution < -0.4 is 4.90 Å². The molecule has 1 saturated carbocycles. The molecule has 0 radical (unpaired) electrons. The summed E-state index contributed by atoms with van der Waals surface area (Å²) in [6, 6.07) is 14.7. The van der Waals surface area contributed by atoms with Crippen LogP contribution in [-0.4, -0.2) is 145 Å². The van der Waals surface area contributed by atoms with Crippen LogP contribution in [0, 0.1) is 5.92 Å². The Kier molecular flexibility index (Phi) is 10.8. The van der Waals surface area contributed by atoms with Crippen LogP contribution in [0.2, 0.25) is 0 Å². The topological polar surface area (TPSA) is 114 Å². The summed E-state index contributed by atoms with van der Waals surface area (Å²) < 4.78 is 5.56. The minimum absolute atomic E-state index is 0.131. The number of ketones is 2. The van der Waals surface area contributed by atoms with Gasteiger partial charge in [-0.2, -0.15) is 0 Å². The highest BCUT2D eigenvalue weighted by atomic mass is 16.6. The first-order valence-electron chi connectivity index (χ1n) is 18.7. The summed E-state index contributed by atoms with van der Waals surface area (Å²) in [6.07, 6.45) is 2.40. The van der Waals surface area contributed by atoms with Gasteiger partial charge in [-0.3, -0.25) is 33.9 Å². The number of piperidine rings is 1. The number of rotatable bonds is 9. The molecule has 0 bridgehead atoms. The molecule has 2 aromatic carbocycles. The van der Waals surface area contributed by atoms with E-state index in [1.807, 2.05) is 41.3 Å². The molecule has 12 nitrogen and oxygen atoms in total. The number of amides is 3. The van der Waals surface area contributed by atoms with Crippen molar-refractivity contribution in [3.05, 3.63) is 65.2 Å². The van der Waals surface area contributed by atoms with Crippen molar-refractivity contribution in [2.45, 2.75) is 57.7 Å². The first kappa shape index (κ1) is 35.3. The van der Waals surface area contributed by atoms with Crippen LogP contribution in [0.25, 0.3) is 0 Å². The lowest BCUT2D eigenvalue weighted by Crippen LogP contribution is -2.55. The summed E-state index contributed by atoms with van der Waals surface area (Å²) in [5.74, 6) is -0.652. The second-order valence-corrected chi connectivity index (χ2v) is 14.9. The highest BCUT2D eigenvalue weighted by Gasteiger charge is 2.44. The normalized spacial score (nSPS) is 24.4. The van der Waals surface area contributed by atoms with Crippen LogP contribution in [-0.2, 0) is 20.9 Å². The molecule has 272 valence electrons. The summed E-state index contributed by atoms with van der Waals surface area (Å²) >= 11 is 0. The minimum Gasteiger partial charge on any atom is -0.445 e.